The Balaban J connectivity index is 2.09. The van der Waals surface area contributed by atoms with E-state index in [0.717, 1.165) is 5.92 Å². The van der Waals surface area contributed by atoms with Crippen LogP contribution < -0.4 is 0 Å². The van der Waals surface area contributed by atoms with E-state index in [9.17, 15) is 0 Å². The van der Waals surface area contributed by atoms with Crippen molar-refractivity contribution in [1.82, 2.24) is 0 Å². The van der Waals surface area contributed by atoms with Gasteiger partial charge in [0.1, 0.15) is 0 Å². The first kappa shape index (κ1) is 11.5. The molecule has 0 spiro atoms. The summed E-state index contributed by atoms with van der Waals surface area (Å²) in [6, 6.07) is 20.0. The minimum atomic E-state index is 0.598. The standard InChI is InChI=1S/C18H20/c1-2-14-12-13-15-8-6-7-11-17(15)18(14)16-9-4-3-5-10-16/h3-11,14,18H,2,12-13H2,1H3. The quantitative estimate of drug-likeness (QED) is 0.703. The summed E-state index contributed by atoms with van der Waals surface area (Å²) in [6.45, 7) is 2.33. The van der Waals surface area contributed by atoms with E-state index < -0.39 is 0 Å². The van der Waals surface area contributed by atoms with Gasteiger partial charge in [-0.2, -0.15) is 0 Å². The maximum atomic E-state index is 2.33. The summed E-state index contributed by atoms with van der Waals surface area (Å²) in [4.78, 5) is 0. The summed E-state index contributed by atoms with van der Waals surface area (Å²) in [7, 11) is 0. The second kappa shape index (κ2) is 4.97. The predicted molar refractivity (Wildman–Crippen MR) is 76.8 cm³/mol. The molecule has 2 aromatic rings. The smallest absolute Gasteiger partial charge is 0.0120 e. The van der Waals surface area contributed by atoms with Crippen LogP contribution in [0.3, 0.4) is 0 Å². The average molecular weight is 236 g/mol. The molecule has 2 aromatic carbocycles. The fraction of sp³-hybridized carbons (Fsp3) is 0.333. The number of fused-ring (bicyclic) bond motifs is 1. The van der Waals surface area contributed by atoms with Crippen molar-refractivity contribution in [3.05, 3.63) is 71.3 Å². The van der Waals surface area contributed by atoms with E-state index in [1.54, 1.807) is 11.1 Å². The molecule has 1 aliphatic carbocycles. The summed E-state index contributed by atoms with van der Waals surface area (Å²) in [5, 5.41) is 0. The molecule has 1 aliphatic rings. The Morgan fingerprint density at radius 2 is 1.67 bits per heavy atom. The van der Waals surface area contributed by atoms with Gasteiger partial charge in [-0.1, -0.05) is 67.9 Å². The van der Waals surface area contributed by atoms with Gasteiger partial charge in [-0.3, -0.25) is 0 Å². The van der Waals surface area contributed by atoms with Gasteiger partial charge in [-0.15, -0.1) is 0 Å². The molecule has 2 unspecified atom stereocenters. The molecule has 2 atom stereocenters. The number of benzene rings is 2. The third kappa shape index (κ3) is 1.96. The zero-order chi connectivity index (χ0) is 12.4. The summed E-state index contributed by atoms with van der Waals surface area (Å²) in [5.74, 6) is 1.39. The highest BCUT2D eigenvalue weighted by Crippen LogP contribution is 2.42. The third-order valence-corrected chi connectivity index (χ3v) is 4.33. The molecular weight excluding hydrogens is 216 g/mol. The Bertz CT molecular complexity index is 513. The van der Waals surface area contributed by atoms with Crippen LogP contribution in [0.25, 0.3) is 0 Å². The van der Waals surface area contributed by atoms with Crippen molar-refractivity contribution in [3.8, 4) is 0 Å². The van der Waals surface area contributed by atoms with Crippen LogP contribution in [0.15, 0.2) is 54.6 Å². The largest absolute Gasteiger partial charge is 0.0651 e. The van der Waals surface area contributed by atoms with Crippen molar-refractivity contribution in [2.75, 3.05) is 0 Å². The lowest BCUT2D eigenvalue weighted by atomic mass is 9.71. The number of hydrogen-bond donors (Lipinski definition) is 0. The molecule has 0 heteroatoms. The highest BCUT2D eigenvalue weighted by atomic mass is 14.3. The van der Waals surface area contributed by atoms with Gasteiger partial charge >= 0.3 is 0 Å². The van der Waals surface area contributed by atoms with Gasteiger partial charge in [0.15, 0.2) is 0 Å². The first-order valence-electron chi connectivity index (χ1n) is 7.03. The van der Waals surface area contributed by atoms with Crippen molar-refractivity contribution in [1.29, 1.82) is 0 Å². The van der Waals surface area contributed by atoms with Gasteiger partial charge in [0.2, 0.25) is 0 Å². The third-order valence-electron chi connectivity index (χ3n) is 4.33. The number of hydrogen-bond acceptors (Lipinski definition) is 0. The molecule has 3 rings (SSSR count). The fourth-order valence-electron chi connectivity index (χ4n) is 3.38. The van der Waals surface area contributed by atoms with E-state index in [2.05, 4.69) is 61.5 Å². The molecular formula is C18H20. The second-order valence-electron chi connectivity index (χ2n) is 5.29. The van der Waals surface area contributed by atoms with Gasteiger partial charge in [-0.05, 0) is 35.4 Å². The van der Waals surface area contributed by atoms with Crippen LogP contribution in [0.2, 0.25) is 0 Å². The van der Waals surface area contributed by atoms with Gasteiger partial charge in [0.25, 0.3) is 0 Å². The predicted octanol–water partition coefficient (Wildman–Crippen LogP) is 4.79. The highest BCUT2D eigenvalue weighted by molar-refractivity contribution is 5.40. The van der Waals surface area contributed by atoms with Crippen molar-refractivity contribution < 1.29 is 0 Å². The maximum Gasteiger partial charge on any atom is 0.0120 e. The van der Waals surface area contributed by atoms with Crippen molar-refractivity contribution in [3.63, 3.8) is 0 Å². The topological polar surface area (TPSA) is 0 Å². The molecule has 0 saturated carbocycles. The molecule has 0 aliphatic heterocycles. The van der Waals surface area contributed by atoms with Crippen LogP contribution in [0, 0.1) is 5.92 Å². The van der Waals surface area contributed by atoms with Gasteiger partial charge < -0.3 is 0 Å². The molecule has 92 valence electrons. The van der Waals surface area contributed by atoms with E-state index in [-0.39, 0.29) is 0 Å². The molecule has 0 fully saturated rings. The van der Waals surface area contributed by atoms with Crippen molar-refractivity contribution in [2.24, 2.45) is 5.92 Å². The van der Waals surface area contributed by atoms with Crippen LogP contribution in [-0.2, 0) is 6.42 Å². The van der Waals surface area contributed by atoms with E-state index in [1.165, 1.54) is 24.8 Å². The fourth-order valence-corrected chi connectivity index (χ4v) is 3.38. The summed E-state index contributed by atoms with van der Waals surface area (Å²) in [6.07, 6.45) is 3.85. The minimum Gasteiger partial charge on any atom is -0.0651 e. The zero-order valence-electron chi connectivity index (χ0n) is 11.0. The van der Waals surface area contributed by atoms with Crippen LogP contribution in [-0.4, -0.2) is 0 Å². The van der Waals surface area contributed by atoms with Crippen LogP contribution in [0.1, 0.15) is 42.4 Å². The van der Waals surface area contributed by atoms with E-state index in [4.69, 9.17) is 0 Å². The Kier molecular flexibility index (Phi) is 3.19. The van der Waals surface area contributed by atoms with Crippen molar-refractivity contribution >= 4 is 0 Å². The van der Waals surface area contributed by atoms with Crippen LogP contribution >= 0.6 is 0 Å². The van der Waals surface area contributed by atoms with Crippen molar-refractivity contribution in [2.45, 2.75) is 32.1 Å². The lowest BCUT2D eigenvalue weighted by molar-refractivity contribution is 0.397. The number of aryl methyl sites for hydroxylation is 1. The first-order valence-corrected chi connectivity index (χ1v) is 7.03. The maximum absolute atomic E-state index is 2.33. The lowest BCUT2D eigenvalue weighted by Gasteiger charge is -2.33. The Morgan fingerprint density at radius 3 is 2.44 bits per heavy atom. The average Bonchev–Trinajstić information content (AvgIpc) is 2.47. The molecule has 0 bridgehead atoms. The molecule has 0 amide bonds. The molecule has 0 nitrogen and oxygen atoms in total. The Labute approximate surface area is 110 Å². The van der Waals surface area contributed by atoms with Gasteiger partial charge in [-0.25, -0.2) is 0 Å². The normalized spacial score (nSPS) is 22.5. The SMILES string of the molecule is CCC1CCc2ccccc2C1c1ccccc1. The second-order valence-corrected chi connectivity index (χ2v) is 5.29. The minimum absolute atomic E-state index is 0.598. The lowest BCUT2D eigenvalue weighted by Crippen LogP contribution is -2.21. The molecule has 0 N–H and O–H groups in total. The van der Waals surface area contributed by atoms with Crippen LogP contribution in [0.5, 0.6) is 0 Å². The highest BCUT2D eigenvalue weighted by Gasteiger charge is 2.28. The molecule has 0 heterocycles. The monoisotopic (exact) mass is 236 g/mol. The van der Waals surface area contributed by atoms with E-state index in [0.29, 0.717) is 5.92 Å². The first-order chi connectivity index (χ1) is 8.90. The summed E-state index contributed by atoms with van der Waals surface area (Å²) in [5.41, 5.74) is 4.59. The zero-order valence-corrected chi connectivity index (χ0v) is 11.0. The van der Waals surface area contributed by atoms with Gasteiger partial charge in [0.05, 0.1) is 0 Å². The van der Waals surface area contributed by atoms with E-state index in [1.807, 2.05) is 0 Å². The Hall–Kier alpha value is -1.56. The molecule has 0 saturated heterocycles. The summed E-state index contributed by atoms with van der Waals surface area (Å²) >= 11 is 0. The van der Waals surface area contributed by atoms with E-state index >= 15 is 0 Å². The summed E-state index contributed by atoms with van der Waals surface area (Å²) < 4.78 is 0. The Morgan fingerprint density at radius 1 is 0.944 bits per heavy atom. The molecule has 0 aromatic heterocycles. The molecule has 0 radical (unpaired) electrons. The van der Waals surface area contributed by atoms with Gasteiger partial charge in [0, 0.05) is 5.92 Å². The molecule has 18 heavy (non-hydrogen) atoms. The number of rotatable bonds is 2. The van der Waals surface area contributed by atoms with Crippen LogP contribution in [0.4, 0.5) is 0 Å².